The molecule has 0 atom stereocenters. The van der Waals surface area contributed by atoms with Crippen molar-refractivity contribution in [2.45, 2.75) is 9.79 Å². The number of amides is 1. The van der Waals surface area contributed by atoms with E-state index in [2.05, 4.69) is 14.8 Å². The van der Waals surface area contributed by atoms with Crippen LogP contribution in [0.15, 0.2) is 113 Å². The molecule has 0 heterocycles. The zero-order chi connectivity index (χ0) is 25.8. The Hall–Kier alpha value is -3.86. The summed E-state index contributed by atoms with van der Waals surface area (Å²) in [7, 11) is -7.57. The summed E-state index contributed by atoms with van der Waals surface area (Å²) >= 11 is 5.82. The fraction of sp³-hybridized carbons (Fsp3) is 0. The van der Waals surface area contributed by atoms with Crippen LogP contribution in [0.4, 0.5) is 17.1 Å². The maximum absolute atomic E-state index is 12.6. The van der Waals surface area contributed by atoms with Crippen molar-refractivity contribution in [3.8, 4) is 0 Å². The second kappa shape index (κ2) is 10.4. The normalized spacial score (nSPS) is 11.5. The first-order chi connectivity index (χ1) is 17.1. The Kier molecular flexibility index (Phi) is 7.30. The average Bonchev–Trinajstić information content (AvgIpc) is 2.86. The van der Waals surface area contributed by atoms with Gasteiger partial charge in [-0.3, -0.25) is 14.2 Å². The van der Waals surface area contributed by atoms with Gasteiger partial charge in [0.25, 0.3) is 26.0 Å². The van der Waals surface area contributed by atoms with Crippen LogP contribution in [-0.2, 0) is 20.0 Å². The van der Waals surface area contributed by atoms with Crippen molar-refractivity contribution < 1.29 is 21.6 Å². The average molecular weight is 542 g/mol. The minimum absolute atomic E-state index is 0.0190. The van der Waals surface area contributed by atoms with Crippen molar-refractivity contribution in [2.75, 3.05) is 14.8 Å². The first-order valence-electron chi connectivity index (χ1n) is 10.5. The van der Waals surface area contributed by atoms with Gasteiger partial charge >= 0.3 is 0 Å². The smallest absolute Gasteiger partial charge is 0.261 e. The second-order valence-corrected chi connectivity index (χ2v) is 11.4. The zero-order valence-corrected chi connectivity index (χ0v) is 20.9. The van der Waals surface area contributed by atoms with Crippen LogP contribution in [0.25, 0.3) is 0 Å². The lowest BCUT2D eigenvalue weighted by atomic mass is 10.2. The summed E-state index contributed by atoms with van der Waals surface area (Å²) in [5.74, 6) is -0.442. The topological polar surface area (TPSA) is 121 Å². The summed E-state index contributed by atoms with van der Waals surface area (Å²) in [6, 6.07) is 25.8. The van der Waals surface area contributed by atoms with E-state index in [9.17, 15) is 21.6 Å². The van der Waals surface area contributed by atoms with Gasteiger partial charge in [-0.25, -0.2) is 16.8 Å². The maximum Gasteiger partial charge on any atom is 0.261 e. The molecule has 0 aliphatic rings. The molecule has 4 rings (SSSR count). The lowest BCUT2D eigenvalue weighted by molar-refractivity contribution is 0.102. The lowest BCUT2D eigenvalue weighted by Gasteiger charge is -2.10. The Morgan fingerprint density at radius 2 is 1.00 bits per heavy atom. The summed E-state index contributed by atoms with van der Waals surface area (Å²) in [5.41, 5.74) is 1.35. The Labute approximate surface area is 214 Å². The quantitative estimate of drug-likeness (QED) is 0.283. The first kappa shape index (κ1) is 25.2. The van der Waals surface area contributed by atoms with Crippen molar-refractivity contribution in [2.24, 2.45) is 0 Å². The van der Waals surface area contributed by atoms with E-state index in [1.54, 1.807) is 42.5 Å². The van der Waals surface area contributed by atoms with Gasteiger partial charge in [-0.2, -0.15) is 0 Å². The van der Waals surface area contributed by atoms with Crippen LogP contribution in [0, 0.1) is 0 Å². The number of benzene rings is 4. The SMILES string of the molecule is O=C(Nc1ccc(S(=O)(=O)Nc2ccc(Cl)cc2)cc1)c1ccc(NS(=O)(=O)c2ccccc2)cc1. The van der Waals surface area contributed by atoms with Gasteiger partial charge in [0, 0.05) is 27.6 Å². The molecule has 1 amide bonds. The minimum Gasteiger partial charge on any atom is -0.322 e. The van der Waals surface area contributed by atoms with E-state index in [1.165, 1.54) is 60.7 Å². The number of carbonyl (C=O) groups is 1. The summed E-state index contributed by atoms with van der Waals surface area (Å²) in [6.45, 7) is 0. The van der Waals surface area contributed by atoms with Gasteiger partial charge < -0.3 is 5.32 Å². The van der Waals surface area contributed by atoms with Crippen molar-refractivity contribution in [1.82, 2.24) is 0 Å². The van der Waals surface area contributed by atoms with E-state index >= 15 is 0 Å². The third-order valence-corrected chi connectivity index (χ3v) is 8.02. The van der Waals surface area contributed by atoms with E-state index in [-0.39, 0.29) is 9.79 Å². The minimum atomic E-state index is -3.83. The van der Waals surface area contributed by atoms with Gasteiger partial charge in [0.05, 0.1) is 9.79 Å². The molecule has 0 aliphatic heterocycles. The molecule has 0 saturated heterocycles. The number of anilines is 3. The molecule has 11 heteroatoms. The van der Waals surface area contributed by atoms with Gasteiger partial charge in [-0.1, -0.05) is 29.8 Å². The number of sulfonamides is 2. The number of hydrogen-bond acceptors (Lipinski definition) is 5. The first-order valence-corrected chi connectivity index (χ1v) is 13.8. The highest BCUT2D eigenvalue weighted by molar-refractivity contribution is 7.93. The molecule has 36 heavy (non-hydrogen) atoms. The van der Waals surface area contributed by atoms with E-state index in [1.807, 2.05) is 0 Å². The zero-order valence-electron chi connectivity index (χ0n) is 18.6. The van der Waals surface area contributed by atoms with E-state index in [0.717, 1.165) is 0 Å². The van der Waals surface area contributed by atoms with Crippen LogP contribution in [-0.4, -0.2) is 22.7 Å². The van der Waals surface area contributed by atoms with Gasteiger partial charge in [-0.05, 0) is 84.9 Å². The van der Waals surface area contributed by atoms with E-state index < -0.39 is 26.0 Å². The fourth-order valence-electron chi connectivity index (χ4n) is 3.16. The van der Waals surface area contributed by atoms with Gasteiger partial charge in [0.15, 0.2) is 0 Å². The molecule has 4 aromatic carbocycles. The summed E-state index contributed by atoms with van der Waals surface area (Å²) < 4.78 is 54.9. The molecule has 0 aromatic heterocycles. The van der Waals surface area contributed by atoms with Crippen molar-refractivity contribution in [1.29, 1.82) is 0 Å². The monoisotopic (exact) mass is 541 g/mol. The molecule has 0 unspecified atom stereocenters. The Bertz CT molecular complexity index is 1570. The predicted molar refractivity (Wildman–Crippen MR) is 140 cm³/mol. The second-order valence-electron chi connectivity index (χ2n) is 7.59. The maximum atomic E-state index is 12.6. The molecule has 0 bridgehead atoms. The molecule has 0 fully saturated rings. The molecule has 0 aliphatic carbocycles. The molecule has 3 N–H and O–H groups in total. The van der Waals surface area contributed by atoms with Crippen LogP contribution in [0.1, 0.15) is 10.4 Å². The van der Waals surface area contributed by atoms with Crippen LogP contribution >= 0.6 is 11.6 Å². The van der Waals surface area contributed by atoms with E-state index in [4.69, 9.17) is 11.6 Å². The van der Waals surface area contributed by atoms with Gasteiger partial charge in [0.2, 0.25) is 0 Å². The largest absolute Gasteiger partial charge is 0.322 e. The summed E-state index contributed by atoms with van der Waals surface area (Å²) in [4.78, 5) is 12.7. The number of nitrogens with one attached hydrogen (secondary N) is 3. The standard InChI is InChI=1S/C25H20ClN3O5S2/c26-19-8-12-22(13-9-19)29-36(33,34)24-16-14-20(15-17-24)27-25(30)18-6-10-21(11-7-18)28-35(31,32)23-4-2-1-3-5-23/h1-17,28-29H,(H,27,30). The molecule has 8 nitrogen and oxygen atoms in total. The fourth-order valence-corrected chi connectivity index (χ4v) is 5.42. The van der Waals surface area contributed by atoms with Crippen LogP contribution in [0.3, 0.4) is 0 Å². The van der Waals surface area contributed by atoms with Crippen molar-refractivity contribution in [3.63, 3.8) is 0 Å². The molecule has 4 aromatic rings. The highest BCUT2D eigenvalue weighted by Crippen LogP contribution is 2.21. The molecular formula is C25H20ClN3O5S2. The highest BCUT2D eigenvalue weighted by Gasteiger charge is 2.16. The third kappa shape index (κ3) is 6.22. The Morgan fingerprint density at radius 3 is 1.53 bits per heavy atom. The summed E-state index contributed by atoms with van der Waals surface area (Å²) in [5, 5.41) is 3.17. The molecule has 0 saturated carbocycles. The third-order valence-electron chi connectivity index (χ3n) is 4.97. The molecule has 0 radical (unpaired) electrons. The van der Waals surface area contributed by atoms with Crippen LogP contribution in [0.5, 0.6) is 0 Å². The lowest BCUT2D eigenvalue weighted by Crippen LogP contribution is -2.15. The van der Waals surface area contributed by atoms with Crippen LogP contribution in [0.2, 0.25) is 5.02 Å². The van der Waals surface area contributed by atoms with Crippen LogP contribution < -0.4 is 14.8 Å². The predicted octanol–water partition coefficient (Wildman–Crippen LogP) is 5.19. The molecule has 0 spiro atoms. The highest BCUT2D eigenvalue weighted by atomic mass is 35.5. The Morgan fingerprint density at radius 1 is 0.556 bits per heavy atom. The summed E-state index contributed by atoms with van der Waals surface area (Å²) in [6.07, 6.45) is 0. The number of carbonyl (C=O) groups excluding carboxylic acids is 1. The van der Waals surface area contributed by atoms with E-state index in [0.29, 0.717) is 27.6 Å². The number of hydrogen-bond donors (Lipinski definition) is 3. The molecular weight excluding hydrogens is 522 g/mol. The van der Waals surface area contributed by atoms with Crippen molar-refractivity contribution >= 4 is 54.6 Å². The van der Waals surface area contributed by atoms with Crippen molar-refractivity contribution in [3.05, 3.63) is 114 Å². The number of halogens is 1. The Balaban J connectivity index is 1.39. The number of rotatable bonds is 8. The van der Waals surface area contributed by atoms with Gasteiger partial charge in [-0.15, -0.1) is 0 Å². The molecule has 184 valence electrons. The van der Waals surface area contributed by atoms with Gasteiger partial charge in [0.1, 0.15) is 0 Å².